The van der Waals surface area contributed by atoms with Gasteiger partial charge in [0.25, 0.3) is 0 Å². The number of carboxylic acid groups (broad SMARTS) is 1. The Morgan fingerprint density at radius 2 is 2.19 bits per heavy atom. The first-order valence-corrected chi connectivity index (χ1v) is 8.20. The number of thiophene rings is 1. The molecule has 2 heterocycles. The van der Waals surface area contributed by atoms with Crippen LogP contribution >= 0.6 is 34.7 Å². The van der Waals surface area contributed by atoms with Gasteiger partial charge in [-0.3, -0.25) is 4.79 Å². The second kappa shape index (κ2) is 7.44. The average Bonchev–Trinajstić information content (AvgIpc) is 2.84. The van der Waals surface area contributed by atoms with E-state index in [9.17, 15) is 9.59 Å². The number of aromatic nitrogens is 1. The van der Waals surface area contributed by atoms with Gasteiger partial charge in [0.1, 0.15) is 5.69 Å². The molecular weight excluding hydrogens is 332 g/mol. The van der Waals surface area contributed by atoms with E-state index in [1.807, 2.05) is 12.1 Å². The monoisotopic (exact) mass is 342 g/mol. The number of carboxylic acids is 1. The summed E-state index contributed by atoms with van der Waals surface area (Å²) in [6, 6.07) is 6.63. The lowest BCUT2D eigenvalue weighted by Crippen LogP contribution is -2.14. The van der Waals surface area contributed by atoms with Gasteiger partial charge in [-0.05, 0) is 24.3 Å². The fourth-order valence-corrected chi connectivity index (χ4v) is 3.52. The second-order valence-electron chi connectivity index (χ2n) is 3.98. The zero-order chi connectivity index (χ0) is 15.2. The molecule has 2 aromatic rings. The molecule has 0 atom stereocenters. The quantitative estimate of drug-likeness (QED) is 0.841. The van der Waals surface area contributed by atoms with Crippen LogP contribution in [0, 0.1) is 0 Å². The molecule has 0 unspecified atom stereocenters. The van der Waals surface area contributed by atoms with Gasteiger partial charge in [0.05, 0.1) is 10.1 Å². The van der Waals surface area contributed by atoms with Crippen LogP contribution in [0.4, 0.5) is 5.69 Å². The number of thioether (sulfide) groups is 1. The summed E-state index contributed by atoms with van der Waals surface area (Å²) in [5.41, 5.74) is 0.320. The number of rotatable bonds is 6. The highest BCUT2D eigenvalue weighted by Crippen LogP contribution is 2.25. The first-order chi connectivity index (χ1) is 10.0. The Bertz CT molecular complexity index is 660. The van der Waals surface area contributed by atoms with Gasteiger partial charge in [0.15, 0.2) is 0 Å². The highest BCUT2D eigenvalue weighted by atomic mass is 35.5. The van der Waals surface area contributed by atoms with Crippen LogP contribution in [0.1, 0.15) is 15.4 Å². The van der Waals surface area contributed by atoms with Gasteiger partial charge in [-0.1, -0.05) is 11.6 Å². The van der Waals surface area contributed by atoms with Gasteiger partial charge < -0.3 is 10.4 Å². The van der Waals surface area contributed by atoms with Crippen molar-refractivity contribution < 1.29 is 14.7 Å². The van der Waals surface area contributed by atoms with Crippen molar-refractivity contribution in [2.75, 3.05) is 11.1 Å². The number of nitrogens with one attached hydrogen (secondary N) is 1. The van der Waals surface area contributed by atoms with Crippen molar-refractivity contribution in [1.29, 1.82) is 0 Å². The minimum Gasteiger partial charge on any atom is -0.477 e. The van der Waals surface area contributed by atoms with Gasteiger partial charge in [-0.25, -0.2) is 9.78 Å². The van der Waals surface area contributed by atoms with E-state index < -0.39 is 5.97 Å². The Morgan fingerprint density at radius 1 is 1.38 bits per heavy atom. The summed E-state index contributed by atoms with van der Waals surface area (Å²) in [4.78, 5) is 27.3. The zero-order valence-electron chi connectivity index (χ0n) is 10.7. The standard InChI is InChI=1S/C13H11ClN2O3S2/c14-11-2-1-9(21-11)6-20-7-12(17)16-8-3-4-15-10(5-8)13(18)19/h1-5H,6-7H2,(H,18,19)(H,15,16,17). The van der Waals surface area contributed by atoms with Crippen molar-refractivity contribution in [2.45, 2.75) is 5.75 Å². The van der Waals surface area contributed by atoms with E-state index in [1.165, 1.54) is 35.4 Å². The van der Waals surface area contributed by atoms with Crippen molar-refractivity contribution in [3.63, 3.8) is 0 Å². The lowest BCUT2D eigenvalue weighted by molar-refractivity contribution is -0.113. The molecule has 110 valence electrons. The van der Waals surface area contributed by atoms with Crippen LogP contribution < -0.4 is 5.32 Å². The number of aromatic carboxylic acids is 1. The van der Waals surface area contributed by atoms with E-state index >= 15 is 0 Å². The number of halogens is 1. The molecule has 2 aromatic heterocycles. The summed E-state index contributed by atoms with van der Waals surface area (Å²) in [6.45, 7) is 0. The molecule has 0 saturated heterocycles. The molecule has 0 aromatic carbocycles. The largest absolute Gasteiger partial charge is 0.477 e. The fraction of sp³-hybridized carbons (Fsp3) is 0.154. The molecule has 5 nitrogen and oxygen atoms in total. The molecule has 2 rings (SSSR count). The van der Waals surface area contributed by atoms with Crippen LogP contribution in [-0.2, 0) is 10.5 Å². The maximum Gasteiger partial charge on any atom is 0.354 e. The molecule has 8 heteroatoms. The summed E-state index contributed by atoms with van der Waals surface area (Å²) in [5, 5.41) is 11.5. The molecule has 0 saturated carbocycles. The Labute approximate surface area is 134 Å². The van der Waals surface area contributed by atoms with Crippen molar-refractivity contribution in [3.8, 4) is 0 Å². The van der Waals surface area contributed by atoms with E-state index in [-0.39, 0.29) is 17.4 Å². The van der Waals surface area contributed by atoms with Crippen molar-refractivity contribution in [2.24, 2.45) is 0 Å². The predicted octanol–water partition coefficient (Wildman–Crippen LogP) is 3.37. The molecule has 21 heavy (non-hydrogen) atoms. The molecule has 2 N–H and O–H groups in total. The van der Waals surface area contributed by atoms with Crippen molar-refractivity contribution in [3.05, 3.63) is 45.4 Å². The molecular formula is C13H11ClN2O3S2. The lowest BCUT2D eigenvalue weighted by atomic mass is 10.3. The van der Waals surface area contributed by atoms with E-state index in [1.54, 1.807) is 6.07 Å². The molecule has 0 radical (unpaired) electrons. The van der Waals surface area contributed by atoms with E-state index in [0.29, 0.717) is 11.4 Å². The highest BCUT2D eigenvalue weighted by Gasteiger charge is 2.08. The second-order valence-corrected chi connectivity index (χ2v) is 6.77. The average molecular weight is 343 g/mol. The third-order valence-corrected chi connectivity index (χ3v) is 4.76. The van der Waals surface area contributed by atoms with E-state index in [0.717, 1.165) is 9.21 Å². The molecule has 0 aliphatic carbocycles. The number of anilines is 1. The minimum absolute atomic E-state index is 0.103. The number of pyridine rings is 1. The Morgan fingerprint density at radius 3 is 2.86 bits per heavy atom. The summed E-state index contributed by atoms with van der Waals surface area (Å²) < 4.78 is 0.730. The van der Waals surface area contributed by atoms with Crippen LogP contribution in [0.5, 0.6) is 0 Å². The first kappa shape index (κ1) is 15.8. The molecule has 0 bridgehead atoms. The summed E-state index contributed by atoms with van der Waals surface area (Å²) >= 11 is 8.78. The van der Waals surface area contributed by atoms with E-state index in [2.05, 4.69) is 10.3 Å². The Kier molecular flexibility index (Phi) is 5.60. The third kappa shape index (κ3) is 5.04. The van der Waals surface area contributed by atoms with Crippen LogP contribution in [0.15, 0.2) is 30.5 Å². The fourth-order valence-electron chi connectivity index (χ4n) is 1.50. The van der Waals surface area contributed by atoms with Crippen molar-refractivity contribution in [1.82, 2.24) is 4.98 Å². The number of amides is 1. The molecule has 0 aliphatic rings. The van der Waals surface area contributed by atoms with Gasteiger partial charge in [0.2, 0.25) is 5.91 Å². The number of carbonyl (C=O) groups is 2. The topological polar surface area (TPSA) is 79.3 Å². The number of hydrogen-bond donors (Lipinski definition) is 2. The normalized spacial score (nSPS) is 10.3. The predicted molar refractivity (Wildman–Crippen MR) is 85.3 cm³/mol. The molecule has 1 amide bonds. The van der Waals surface area contributed by atoms with Gasteiger partial charge in [0, 0.05) is 22.5 Å². The minimum atomic E-state index is -1.13. The zero-order valence-corrected chi connectivity index (χ0v) is 13.1. The Hall–Kier alpha value is -1.57. The summed E-state index contributed by atoms with van der Waals surface area (Å²) in [5.74, 6) is -0.331. The van der Waals surface area contributed by atoms with Crippen LogP contribution in [0.3, 0.4) is 0 Å². The SMILES string of the molecule is O=C(CSCc1ccc(Cl)s1)Nc1ccnc(C(=O)O)c1. The maximum absolute atomic E-state index is 11.8. The van der Waals surface area contributed by atoms with Crippen LogP contribution in [-0.4, -0.2) is 27.7 Å². The van der Waals surface area contributed by atoms with E-state index in [4.69, 9.17) is 16.7 Å². The number of hydrogen-bond acceptors (Lipinski definition) is 5. The van der Waals surface area contributed by atoms with Crippen molar-refractivity contribution >= 4 is 52.3 Å². The summed E-state index contributed by atoms with van der Waals surface area (Å²) in [7, 11) is 0. The van der Waals surface area contributed by atoms with Gasteiger partial charge in [-0.2, -0.15) is 0 Å². The smallest absolute Gasteiger partial charge is 0.354 e. The van der Waals surface area contributed by atoms with Gasteiger partial charge >= 0.3 is 5.97 Å². The highest BCUT2D eigenvalue weighted by molar-refractivity contribution is 7.99. The first-order valence-electron chi connectivity index (χ1n) is 5.86. The molecule has 0 fully saturated rings. The van der Waals surface area contributed by atoms with Crippen LogP contribution in [0.2, 0.25) is 4.34 Å². The summed E-state index contributed by atoms with van der Waals surface area (Å²) in [6.07, 6.45) is 1.35. The number of carbonyl (C=O) groups excluding carboxylic acids is 1. The lowest BCUT2D eigenvalue weighted by Gasteiger charge is -2.05. The number of nitrogens with zero attached hydrogens (tertiary/aromatic N) is 1. The Balaban J connectivity index is 1.81. The third-order valence-electron chi connectivity index (χ3n) is 2.37. The maximum atomic E-state index is 11.8. The van der Waals surface area contributed by atoms with Gasteiger partial charge in [-0.15, -0.1) is 23.1 Å². The van der Waals surface area contributed by atoms with Crippen LogP contribution in [0.25, 0.3) is 0 Å². The molecule has 0 spiro atoms. The molecule has 0 aliphatic heterocycles.